The van der Waals surface area contributed by atoms with Gasteiger partial charge in [-0.2, -0.15) is 38.2 Å². The van der Waals surface area contributed by atoms with Gasteiger partial charge < -0.3 is 10.0 Å². The fraction of sp³-hybridized carbons (Fsp3) is 0.375. The predicted octanol–water partition coefficient (Wildman–Crippen LogP) is 4.59. The molecule has 0 heterocycles. The summed E-state index contributed by atoms with van der Waals surface area (Å²) in [7, 11) is -18.8. The van der Waals surface area contributed by atoms with Crippen molar-refractivity contribution in [1.29, 1.82) is 0 Å². The highest BCUT2D eigenvalue weighted by atomic mass is 32.2. The number of unbranched alkanes of at least 4 members (excludes halogenated alkanes) is 2. The van der Waals surface area contributed by atoms with Crippen molar-refractivity contribution in [2.45, 2.75) is 74.5 Å². The van der Waals surface area contributed by atoms with Crippen LogP contribution in [-0.2, 0) is 45.3 Å². The van der Waals surface area contributed by atoms with Gasteiger partial charge in [-0.05, 0) is 75.9 Å². The first-order chi connectivity index (χ1) is 23.8. The molecule has 0 spiro atoms. The lowest BCUT2D eigenvalue weighted by atomic mass is 10.1. The number of hydrogen-bond donors (Lipinski definition) is 5. The molecule has 0 saturated carbocycles. The first-order valence-electron chi connectivity index (χ1n) is 15.6. The molecular formula is C32H43N2O14S4+. The van der Waals surface area contributed by atoms with E-state index in [1.54, 1.807) is 51.1 Å². The summed E-state index contributed by atoms with van der Waals surface area (Å²) < 4.78 is 134. The molecule has 16 nitrogen and oxygen atoms in total. The van der Waals surface area contributed by atoms with Gasteiger partial charge in [0.25, 0.3) is 40.5 Å². The third-order valence-corrected chi connectivity index (χ3v) is 11.2. The molecule has 52 heavy (non-hydrogen) atoms. The van der Waals surface area contributed by atoms with Crippen LogP contribution in [0.15, 0.2) is 81.1 Å². The van der Waals surface area contributed by atoms with Crippen LogP contribution in [0.2, 0.25) is 0 Å². The van der Waals surface area contributed by atoms with Crippen LogP contribution < -0.4 is 4.90 Å². The Morgan fingerprint density at radius 2 is 1.40 bits per heavy atom. The van der Waals surface area contributed by atoms with Crippen molar-refractivity contribution in [3.05, 3.63) is 77.5 Å². The van der Waals surface area contributed by atoms with Gasteiger partial charge in [0.1, 0.15) is 11.4 Å². The van der Waals surface area contributed by atoms with E-state index in [4.69, 9.17) is 5.11 Å². The van der Waals surface area contributed by atoms with Crippen LogP contribution >= 0.6 is 0 Å². The summed E-state index contributed by atoms with van der Waals surface area (Å²) in [5.41, 5.74) is 2.08. The Labute approximate surface area is 304 Å². The van der Waals surface area contributed by atoms with Crippen LogP contribution in [0.25, 0.3) is 0 Å². The average Bonchev–Trinajstić information content (AvgIpc) is 2.99. The molecule has 0 bridgehead atoms. The molecule has 2 rings (SSSR count). The van der Waals surface area contributed by atoms with E-state index in [1.807, 2.05) is 4.58 Å². The maximum atomic E-state index is 12.1. The highest BCUT2D eigenvalue weighted by Gasteiger charge is 2.25. The second-order valence-electron chi connectivity index (χ2n) is 11.8. The van der Waals surface area contributed by atoms with Gasteiger partial charge in [-0.15, -0.1) is 0 Å². The first kappa shape index (κ1) is 44.4. The van der Waals surface area contributed by atoms with Gasteiger partial charge in [0.2, 0.25) is 5.69 Å². The fourth-order valence-corrected chi connectivity index (χ4v) is 7.60. The monoisotopic (exact) mass is 807 g/mol. The minimum Gasteiger partial charge on any atom is -0.481 e. The van der Waals surface area contributed by atoms with Crippen molar-refractivity contribution in [3.8, 4) is 0 Å². The highest BCUT2D eigenvalue weighted by Crippen LogP contribution is 2.33. The summed E-state index contributed by atoms with van der Waals surface area (Å²) in [6.45, 7) is 6.60. The lowest BCUT2D eigenvalue weighted by Gasteiger charge is -2.28. The van der Waals surface area contributed by atoms with E-state index in [-0.39, 0.29) is 35.5 Å². The summed E-state index contributed by atoms with van der Waals surface area (Å²) in [5, 5.41) is 8.94. The molecule has 0 aliphatic carbocycles. The number of aliphatic carboxylic acids is 1. The Bertz CT molecular complexity index is 2220. The molecular weight excluding hydrogens is 765 g/mol. The molecule has 2 aromatic rings. The van der Waals surface area contributed by atoms with Crippen molar-refractivity contribution in [2.75, 3.05) is 23.7 Å². The van der Waals surface area contributed by atoms with Gasteiger partial charge in [-0.3, -0.25) is 23.0 Å². The number of allylic oxidation sites excluding steroid dienone is 6. The van der Waals surface area contributed by atoms with Gasteiger partial charge in [0.05, 0.1) is 15.5 Å². The van der Waals surface area contributed by atoms with E-state index in [0.29, 0.717) is 54.5 Å². The summed E-state index contributed by atoms with van der Waals surface area (Å²) in [6.07, 6.45) is 9.68. The van der Waals surface area contributed by atoms with Crippen molar-refractivity contribution in [2.24, 2.45) is 0 Å². The number of anilines is 1. The number of carboxylic acids is 1. The van der Waals surface area contributed by atoms with Crippen LogP contribution in [0.5, 0.6) is 0 Å². The molecule has 5 N–H and O–H groups in total. The van der Waals surface area contributed by atoms with Crippen LogP contribution in [0, 0.1) is 13.8 Å². The molecule has 2 aromatic carbocycles. The first-order valence-corrected chi connectivity index (χ1v) is 21.5. The molecule has 0 aliphatic heterocycles. The quantitative estimate of drug-likeness (QED) is 0.0427. The number of carbonyl (C=O) groups is 1. The normalized spacial score (nSPS) is 13.9. The van der Waals surface area contributed by atoms with E-state index in [2.05, 4.69) is 0 Å². The van der Waals surface area contributed by atoms with Gasteiger partial charge >= 0.3 is 5.97 Å². The van der Waals surface area contributed by atoms with Gasteiger partial charge in [-0.1, -0.05) is 18.2 Å². The fourth-order valence-electron chi connectivity index (χ4n) is 5.17. The molecule has 0 atom stereocenters. The number of nitrogens with zero attached hydrogens (tertiary/aromatic N) is 2. The van der Waals surface area contributed by atoms with E-state index < -0.39 is 62.0 Å². The molecule has 0 saturated heterocycles. The molecule has 0 aromatic heterocycles. The summed E-state index contributed by atoms with van der Waals surface area (Å²) in [4.78, 5) is 10.4. The topological polar surface area (TPSA) is 261 Å². The zero-order valence-corrected chi connectivity index (χ0v) is 32.1. The van der Waals surface area contributed by atoms with E-state index in [9.17, 15) is 56.7 Å². The Morgan fingerprint density at radius 1 is 0.769 bits per heavy atom. The molecule has 0 radical (unpaired) electrons. The largest absolute Gasteiger partial charge is 0.481 e. The minimum absolute atomic E-state index is 0.0214. The third kappa shape index (κ3) is 14.0. The van der Waals surface area contributed by atoms with Crippen molar-refractivity contribution in [1.82, 2.24) is 0 Å². The van der Waals surface area contributed by atoms with Crippen molar-refractivity contribution in [3.63, 3.8) is 0 Å². The van der Waals surface area contributed by atoms with Crippen LogP contribution in [0.3, 0.4) is 0 Å². The third-order valence-electron chi connectivity index (χ3n) is 7.73. The maximum absolute atomic E-state index is 12.1. The zero-order chi connectivity index (χ0) is 39.7. The molecule has 288 valence electrons. The Morgan fingerprint density at radius 3 is 1.94 bits per heavy atom. The molecule has 0 fully saturated rings. The highest BCUT2D eigenvalue weighted by molar-refractivity contribution is 7.87. The summed E-state index contributed by atoms with van der Waals surface area (Å²) >= 11 is 0. The molecule has 0 aliphatic rings. The molecule has 0 amide bonds. The van der Waals surface area contributed by atoms with Crippen molar-refractivity contribution >= 4 is 63.5 Å². The van der Waals surface area contributed by atoms with Gasteiger partial charge in [0, 0.05) is 55.4 Å². The standard InChI is InChI=1S/C32H42N2O14S4/c1-23-20-27(50(40,41)42)15-16-29(23)33(17-10-6-9-14-32(35)36)24(2)12-7-5-8-13-25(3)34(18-11-19-49(37,38)39)30-21-28(51(43,44)45)22-31(26(30)4)52(46,47)48/h5,7-8,12-13,15-16,20-22H,6,9-11,14,17-19H2,1-4H3,(H4-,35,36,37,38,39,40,41,42,43,44,45,46,47,48)/p+1. The Hall–Kier alpha value is -3.76. The lowest BCUT2D eigenvalue weighted by molar-refractivity contribution is -0.441. The minimum atomic E-state index is -4.97. The number of rotatable bonds is 19. The van der Waals surface area contributed by atoms with E-state index >= 15 is 0 Å². The zero-order valence-electron chi connectivity index (χ0n) is 28.9. The number of hydrogen-bond acceptors (Lipinski definition) is 10. The molecule has 20 heteroatoms. The lowest BCUT2D eigenvalue weighted by Crippen LogP contribution is -2.26. The SMILES string of the molecule is CC(=CC=CC=CC(C)=[N+](CCCCCC(=O)O)c1ccc(S(=O)(=O)O)cc1C)N(CCCS(=O)(=O)O)c1cc(S(=O)(=O)O)cc(S(=O)(=O)O)c1C. The van der Waals surface area contributed by atoms with Crippen LogP contribution in [0.4, 0.5) is 11.4 Å². The van der Waals surface area contributed by atoms with Crippen molar-refractivity contribution < 1.29 is 66.4 Å². The van der Waals surface area contributed by atoms with Crippen LogP contribution in [0.1, 0.15) is 57.1 Å². The summed E-state index contributed by atoms with van der Waals surface area (Å²) in [5.74, 6) is -1.58. The Kier molecular flexibility index (Phi) is 15.6. The number of benzene rings is 2. The second-order valence-corrected chi connectivity index (χ2v) is 17.6. The van der Waals surface area contributed by atoms with Gasteiger partial charge in [-0.25, -0.2) is 0 Å². The van der Waals surface area contributed by atoms with E-state index in [0.717, 1.165) is 6.07 Å². The maximum Gasteiger partial charge on any atom is 0.303 e. The molecule has 0 unspecified atom stereocenters. The Balaban J connectivity index is 2.55. The smallest absolute Gasteiger partial charge is 0.303 e. The number of aryl methyl sites for hydroxylation is 1. The second kappa shape index (κ2) is 18.3. The van der Waals surface area contributed by atoms with Gasteiger partial charge in [0.15, 0.2) is 5.71 Å². The predicted molar refractivity (Wildman–Crippen MR) is 194 cm³/mol. The van der Waals surface area contributed by atoms with E-state index in [1.165, 1.54) is 30.0 Å². The average molecular weight is 808 g/mol. The number of carboxylic acid groups (broad SMARTS) is 1. The summed E-state index contributed by atoms with van der Waals surface area (Å²) in [6, 6.07) is 5.71. The van der Waals surface area contributed by atoms with Crippen LogP contribution in [-0.4, -0.2) is 92.1 Å².